The van der Waals surface area contributed by atoms with Crippen LogP contribution in [-0.2, 0) is 0 Å². The van der Waals surface area contributed by atoms with E-state index in [4.69, 9.17) is 0 Å². The van der Waals surface area contributed by atoms with Gasteiger partial charge >= 0.3 is 0 Å². The van der Waals surface area contributed by atoms with E-state index in [2.05, 4.69) is 54.1 Å². The Kier molecular flexibility index (Phi) is 2.94. The molecule has 1 fully saturated rings. The molecule has 3 rings (SSSR count). The number of hydrogen-bond donors (Lipinski definition) is 0. The highest BCUT2D eigenvalue weighted by Gasteiger charge is 2.18. The number of para-hydroxylation sites is 1. The third kappa shape index (κ3) is 2.07. The third-order valence-corrected chi connectivity index (χ3v) is 3.95. The number of hydrogen-bond acceptors (Lipinski definition) is 2. The molecular formula is C16H20N2. The van der Waals surface area contributed by atoms with Gasteiger partial charge in [0, 0.05) is 29.9 Å². The van der Waals surface area contributed by atoms with E-state index in [1.165, 1.54) is 37.0 Å². The molecule has 0 spiro atoms. The molecule has 0 aliphatic carbocycles. The fraction of sp³-hybridized carbons (Fsp3) is 0.438. The molecule has 2 nitrogen and oxygen atoms in total. The molecule has 94 valence electrons. The molecule has 1 aliphatic rings. The predicted octanol–water partition coefficient (Wildman–Crippen LogP) is 3.78. The van der Waals surface area contributed by atoms with E-state index in [1.54, 1.807) is 0 Å². The number of piperidine rings is 1. The van der Waals surface area contributed by atoms with Gasteiger partial charge in [0.05, 0.1) is 5.52 Å². The first-order chi connectivity index (χ1) is 8.74. The van der Waals surface area contributed by atoms with Crippen molar-refractivity contribution < 1.29 is 0 Å². The summed E-state index contributed by atoms with van der Waals surface area (Å²) in [6.45, 7) is 6.79. The lowest BCUT2D eigenvalue weighted by Crippen LogP contribution is -2.33. The van der Waals surface area contributed by atoms with Crippen molar-refractivity contribution in [2.45, 2.75) is 26.7 Å². The van der Waals surface area contributed by atoms with Crippen LogP contribution in [0.3, 0.4) is 0 Å². The highest BCUT2D eigenvalue weighted by Crippen LogP contribution is 2.29. The van der Waals surface area contributed by atoms with Gasteiger partial charge in [0.25, 0.3) is 0 Å². The molecule has 0 N–H and O–H groups in total. The predicted molar refractivity (Wildman–Crippen MR) is 77.1 cm³/mol. The minimum Gasteiger partial charge on any atom is -0.371 e. The van der Waals surface area contributed by atoms with Crippen LogP contribution in [0.15, 0.2) is 30.3 Å². The number of benzene rings is 1. The molecule has 2 heterocycles. The first-order valence-electron chi connectivity index (χ1n) is 6.85. The largest absolute Gasteiger partial charge is 0.371 e. The van der Waals surface area contributed by atoms with E-state index in [-0.39, 0.29) is 0 Å². The molecule has 0 radical (unpaired) electrons. The number of pyridine rings is 1. The Morgan fingerprint density at radius 1 is 1.17 bits per heavy atom. The van der Waals surface area contributed by atoms with E-state index in [0.29, 0.717) is 0 Å². The summed E-state index contributed by atoms with van der Waals surface area (Å²) in [6.07, 6.45) is 2.60. The topological polar surface area (TPSA) is 16.1 Å². The van der Waals surface area contributed by atoms with Crippen LogP contribution in [0.2, 0.25) is 0 Å². The summed E-state index contributed by atoms with van der Waals surface area (Å²) in [5.74, 6) is 0.871. The van der Waals surface area contributed by atoms with E-state index in [9.17, 15) is 0 Å². The highest BCUT2D eigenvalue weighted by molar-refractivity contribution is 5.92. The molecule has 1 aromatic carbocycles. The molecule has 0 saturated carbocycles. The normalized spacial score (nSPS) is 17.3. The lowest BCUT2D eigenvalue weighted by molar-refractivity contribution is 0.439. The maximum Gasteiger partial charge on any atom is 0.0726 e. The maximum atomic E-state index is 4.62. The Bertz CT molecular complexity index is 554. The Morgan fingerprint density at radius 3 is 2.67 bits per heavy atom. The first-order valence-corrected chi connectivity index (χ1v) is 6.85. The van der Waals surface area contributed by atoms with Crippen LogP contribution in [0, 0.1) is 12.8 Å². The van der Waals surface area contributed by atoms with Crippen LogP contribution in [0.4, 0.5) is 5.69 Å². The molecule has 18 heavy (non-hydrogen) atoms. The van der Waals surface area contributed by atoms with Gasteiger partial charge in [-0.2, -0.15) is 0 Å². The van der Waals surface area contributed by atoms with Crippen LogP contribution in [0.5, 0.6) is 0 Å². The van der Waals surface area contributed by atoms with Crippen LogP contribution in [0.25, 0.3) is 10.9 Å². The molecule has 2 aromatic rings. The molecule has 1 aromatic heterocycles. The Balaban J connectivity index is 2.05. The van der Waals surface area contributed by atoms with Crippen molar-refractivity contribution in [2.75, 3.05) is 18.0 Å². The summed E-state index contributed by atoms with van der Waals surface area (Å²) in [6, 6.07) is 10.7. The lowest BCUT2D eigenvalue weighted by atomic mass is 9.98. The summed E-state index contributed by atoms with van der Waals surface area (Å²) in [4.78, 5) is 7.14. The molecule has 0 atom stereocenters. The number of fused-ring (bicyclic) bond motifs is 1. The van der Waals surface area contributed by atoms with Crippen molar-refractivity contribution in [3.63, 3.8) is 0 Å². The van der Waals surface area contributed by atoms with Crippen molar-refractivity contribution in [1.29, 1.82) is 0 Å². The summed E-state index contributed by atoms with van der Waals surface area (Å²) in [5, 5.41) is 1.29. The van der Waals surface area contributed by atoms with Crippen LogP contribution in [0.1, 0.15) is 25.5 Å². The van der Waals surface area contributed by atoms with Crippen molar-refractivity contribution in [3.8, 4) is 0 Å². The van der Waals surface area contributed by atoms with E-state index >= 15 is 0 Å². The summed E-state index contributed by atoms with van der Waals surface area (Å²) < 4.78 is 0. The SMILES string of the molecule is Cc1cc(N2CCC(C)CC2)c2ccccc2n1. The number of aromatic nitrogens is 1. The molecular weight excluding hydrogens is 220 g/mol. The van der Waals surface area contributed by atoms with E-state index in [1.807, 2.05) is 0 Å². The van der Waals surface area contributed by atoms with Gasteiger partial charge in [0.1, 0.15) is 0 Å². The lowest BCUT2D eigenvalue weighted by Gasteiger charge is -2.33. The van der Waals surface area contributed by atoms with Gasteiger partial charge in [-0.25, -0.2) is 0 Å². The van der Waals surface area contributed by atoms with Crippen LogP contribution >= 0.6 is 0 Å². The Labute approximate surface area is 109 Å². The molecule has 2 heteroatoms. The van der Waals surface area contributed by atoms with Gasteiger partial charge in [0.15, 0.2) is 0 Å². The quantitative estimate of drug-likeness (QED) is 0.754. The zero-order chi connectivity index (χ0) is 12.5. The molecule has 0 unspecified atom stereocenters. The molecule has 1 aliphatic heterocycles. The van der Waals surface area contributed by atoms with Crippen molar-refractivity contribution >= 4 is 16.6 Å². The monoisotopic (exact) mass is 240 g/mol. The van der Waals surface area contributed by atoms with Gasteiger partial charge in [-0.3, -0.25) is 4.98 Å². The zero-order valence-corrected chi connectivity index (χ0v) is 11.2. The minimum absolute atomic E-state index is 0.871. The number of nitrogens with zero attached hydrogens (tertiary/aromatic N) is 2. The Morgan fingerprint density at radius 2 is 1.89 bits per heavy atom. The highest BCUT2D eigenvalue weighted by atomic mass is 15.1. The van der Waals surface area contributed by atoms with Gasteiger partial charge in [-0.05, 0) is 37.8 Å². The van der Waals surface area contributed by atoms with Crippen LogP contribution in [-0.4, -0.2) is 18.1 Å². The smallest absolute Gasteiger partial charge is 0.0726 e. The summed E-state index contributed by atoms with van der Waals surface area (Å²) in [7, 11) is 0. The summed E-state index contributed by atoms with van der Waals surface area (Å²) >= 11 is 0. The zero-order valence-electron chi connectivity index (χ0n) is 11.2. The van der Waals surface area contributed by atoms with Crippen molar-refractivity contribution in [1.82, 2.24) is 4.98 Å². The van der Waals surface area contributed by atoms with Gasteiger partial charge in [-0.1, -0.05) is 25.1 Å². The van der Waals surface area contributed by atoms with Gasteiger partial charge < -0.3 is 4.90 Å². The van der Waals surface area contributed by atoms with Gasteiger partial charge in [-0.15, -0.1) is 0 Å². The number of aryl methyl sites for hydroxylation is 1. The summed E-state index contributed by atoms with van der Waals surface area (Å²) in [5.41, 5.74) is 3.60. The average molecular weight is 240 g/mol. The van der Waals surface area contributed by atoms with Gasteiger partial charge in [0.2, 0.25) is 0 Å². The van der Waals surface area contributed by atoms with E-state index in [0.717, 1.165) is 17.1 Å². The second-order valence-corrected chi connectivity index (χ2v) is 5.47. The molecule has 1 saturated heterocycles. The van der Waals surface area contributed by atoms with E-state index < -0.39 is 0 Å². The number of rotatable bonds is 1. The second-order valence-electron chi connectivity index (χ2n) is 5.47. The first kappa shape index (κ1) is 11.5. The maximum absolute atomic E-state index is 4.62. The fourth-order valence-corrected chi connectivity index (χ4v) is 2.80. The third-order valence-electron chi connectivity index (χ3n) is 3.95. The second kappa shape index (κ2) is 4.60. The molecule has 0 bridgehead atoms. The fourth-order valence-electron chi connectivity index (χ4n) is 2.80. The standard InChI is InChI=1S/C16H20N2/c1-12-7-9-18(10-8-12)16-11-13(2)17-15-6-4-3-5-14(15)16/h3-6,11-12H,7-10H2,1-2H3. The molecule has 0 amide bonds. The Hall–Kier alpha value is -1.57. The van der Waals surface area contributed by atoms with Crippen molar-refractivity contribution in [2.24, 2.45) is 5.92 Å². The van der Waals surface area contributed by atoms with Crippen molar-refractivity contribution in [3.05, 3.63) is 36.0 Å². The minimum atomic E-state index is 0.871. The number of anilines is 1. The average Bonchev–Trinajstić information content (AvgIpc) is 2.38. The van der Waals surface area contributed by atoms with Crippen LogP contribution < -0.4 is 4.90 Å².